The van der Waals surface area contributed by atoms with E-state index in [0.717, 1.165) is 22.1 Å². The molecule has 2 aromatic heterocycles. The lowest BCUT2D eigenvalue weighted by atomic mass is 10.0. The summed E-state index contributed by atoms with van der Waals surface area (Å²) in [6.07, 6.45) is 3.38. The number of Topliss-reactive ketones (excluding diaryl/α,β-unsaturated/α-hetero) is 1. The summed E-state index contributed by atoms with van der Waals surface area (Å²) >= 11 is 0. The van der Waals surface area contributed by atoms with Crippen LogP contribution in [-0.2, 0) is 6.61 Å². The molecule has 2 heterocycles. The number of hydrogen-bond donors (Lipinski definition) is 0. The van der Waals surface area contributed by atoms with Gasteiger partial charge in [0.25, 0.3) is 0 Å². The van der Waals surface area contributed by atoms with Gasteiger partial charge in [-0.2, -0.15) is 4.98 Å². The van der Waals surface area contributed by atoms with Gasteiger partial charge in [-0.1, -0.05) is 30.3 Å². The fourth-order valence-electron chi connectivity index (χ4n) is 3.08. The third kappa shape index (κ3) is 3.60. The molecule has 0 bridgehead atoms. The van der Waals surface area contributed by atoms with Gasteiger partial charge < -0.3 is 4.74 Å². The Morgan fingerprint density at radius 2 is 1.75 bits per heavy atom. The number of carbonyl (C=O) groups excluding carboxylic acids is 1. The minimum Gasteiger partial charge on any atom is -0.472 e. The van der Waals surface area contributed by atoms with Crippen LogP contribution in [0.1, 0.15) is 28.4 Å². The van der Waals surface area contributed by atoms with Crippen LogP contribution in [0.4, 0.5) is 0 Å². The molecule has 138 valence electrons. The summed E-state index contributed by atoms with van der Waals surface area (Å²) in [7, 11) is 0. The average molecular weight is 369 g/mol. The lowest BCUT2D eigenvalue weighted by Gasteiger charge is -2.13. The Labute approximate surface area is 163 Å². The van der Waals surface area contributed by atoms with E-state index in [1.807, 2.05) is 61.5 Å². The highest BCUT2D eigenvalue weighted by molar-refractivity contribution is 6.07. The Bertz CT molecular complexity index is 1140. The van der Waals surface area contributed by atoms with Gasteiger partial charge in [-0.3, -0.25) is 9.78 Å². The molecule has 5 heteroatoms. The van der Waals surface area contributed by atoms with Crippen LogP contribution in [0, 0.1) is 6.92 Å². The zero-order valence-corrected chi connectivity index (χ0v) is 15.7. The Balaban J connectivity index is 1.89. The van der Waals surface area contributed by atoms with Gasteiger partial charge in [0.2, 0.25) is 5.88 Å². The predicted molar refractivity (Wildman–Crippen MR) is 108 cm³/mol. The van der Waals surface area contributed by atoms with Gasteiger partial charge in [0.15, 0.2) is 11.6 Å². The SMILES string of the molecule is CC(=O)c1cc(C)cc2c(OCc3ccccc3)nc(-c3ccncc3)nc12. The topological polar surface area (TPSA) is 65.0 Å². The highest BCUT2D eigenvalue weighted by atomic mass is 16.5. The van der Waals surface area contributed by atoms with Crippen molar-refractivity contribution in [2.75, 3.05) is 0 Å². The Hall–Kier alpha value is -3.60. The second-order valence-corrected chi connectivity index (χ2v) is 6.63. The first-order valence-electron chi connectivity index (χ1n) is 9.02. The molecule has 0 amide bonds. The molecule has 0 spiro atoms. The fraction of sp³-hybridized carbons (Fsp3) is 0.130. The van der Waals surface area contributed by atoms with Crippen molar-refractivity contribution in [2.24, 2.45) is 0 Å². The quantitative estimate of drug-likeness (QED) is 0.474. The number of hydrogen-bond acceptors (Lipinski definition) is 5. The van der Waals surface area contributed by atoms with Crippen molar-refractivity contribution in [1.29, 1.82) is 0 Å². The molecule has 0 radical (unpaired) electrons. The monoisotopic (exact) mass is 369 g/mol. The lowest BCUT2D eigenvalue weighted by molar-refractivity contribution is 0.101. The summed E-state index contributed by atoms with van der Waals surface area (Å²) in [5.74, 6) is 0.929. The molecule has 0 N–H and O–H groups in total. The van der Waals surface area contributed by atoms with Gasteiger partial charge in [0, 0.05) is 23.5 Å². The molecular formula is C23H19N3O2. The number of fused-ring (bicyclic) bond motifs is 1. The first-order valence-corrected chi connectivity index (χ1v) is 9.02. The summed E-state index contributed by atoms with van der Waals surface area (Å²) in [5.41, 5.74) is 3.98. The Kier molecular flexibility index (Phi) is 4.81. The van der Waals surface area contributed by atoms with Crippen LogP contribution in [0.2, 0.25) is 0 Å². The average Bonchev–Trinajstić information content (AvgIpc) is 2.72. The van der Waals surface area contributed by atoms with Gasteiger partial charge in [0.05, 0.1) is 10.9 Å². The van der Waals surface area contributed by atoms with Gasteiger partial charge in [-0.25, -0.2) is 4.98 Å². The van der Waals surface area contributed by atoms with Crippen molar-refractivity contribution in [3.8, 4) is 17.3 Å². The molecule has 0 saturated heterocycles. The summed E-state index contributed by atoms with van der Waals surface area (Å²) in [4.78, 5) is 25.6. The van der Waals surface area contributed by atoms with Crippen molar-refractivity contribution in [2.45, 2.75) is 20.5 Å². The number of ether oxygens (including phenoxy) is 1. The van der Waals surface area contributed by atoms with Crippen molar-refractivity contribution < 1.29 is 9.53 Å². The molecule has 0 aliphatic heterocycles. The van der Waals surface area contributed by atoms with Crippen LogP contribution in [0.25, 0.3) is 22.3 Å². The molecule has 0 atom stereocenters. The summed E-state index contributed by atoms with van der Waals surface area (Å²) in [6.45, 7) is 3.88. The molecule has 2 aromatic carbocycles. The number of aryl methyl sites for hydroxylation is 1. The number of rotatable bonds is 5. The Morgan fingerprint density at radius 1 is 1.00 bits per heavy atom. The maximum absolute atomic E-state index is 12.2. The number of carbonyl (C=O) groups is 1. The number of ketones is 1. The van der Waals surface area contributed by atoms with Crippen molar-refractivity contribution in [1.82, 2.24) is 15.0 Å². The minimum absolute atomic E-state index is 0.0397. The molecule has 5 nitrogen and oxygen atoms in total. The van der Waals surface area contributed by atoms with Gasteiger partial charge in [-0.05, 0) is 49.2 Å². The Morgan fingerprint density at radius 3 is 2.46 bits per heavy atom. The van der Waals surface area contributed by atoms with Gasteiger partial charge >= 0.3 is 0 Å². The van der Waals surface area contributed by atoms with Crippen LogP contribution >= 0.6 is 0 Å². The van der Waals surface area contributed by atoms with Crippen LogP contribution < -0.4 is 4.74 Å². The zero-order chi connectivity index (χ0) is 19.5. The fourth-order valence-corrected chi connectivity index (χ4v) is 3.08. The molecule has 0 unspecified atom stereocenters. The van der Waals surface area contributed by atoms with E-state index >= 15 is 0 Å². The lowest BCUT2D eigenvalue weighted by Crippen LogP contribution is -2.04. The molecule has 0 fully saturated rings. The number of nitrogens with zero attached hydrogens (tertiary/aromatic N) is 3. The van der Waals surface area contributed by atoms with Gasteiger partial charge in [0.1, 0.15) is 6.61 Å². The van der Waals surface area contributed by atoms with Crippen LogP contribution in [0.5, 0.6) is 5.88 Å². The van der Waals surface area contributed by atoms with E-state index in [2.05, 4.69) is 15.0 Å². The van der Waals surface area contributed by atoms with E-state index in [1.54, 1.807) is 19.3 Å². The molecule has 4 rings (SSSR count). The molecule has 4 aromatic rings. The summed E-state index contributed by atoms with van der Waals surface area (Å²) < 4.78 is 6.08. The first kappa shape index (κ1) is 17.8. The summed E-state index contributed by atoms with van der Waals surface area (Å²) in [6, 6.07) is 17.4. The second-order valence-electron chi connectivity index (χ2n) is 6.63. The number of aromatic nitrogens is 3. The summed E-state index contributed by atoms with van der Waals surface area (Å²) in [5, 5.41) is 0.735. The second kappa shape index (κ2) is 7.56. The highest BCUT2D eigenvalue weighted by Gasteiger charge is 2.16. The smallest absolute Gasteiger partial charge is 0.225 e. The highest BCUT2D eigenvalue weighted by Crippen LogP contribution is 2.30. The zero-order valence-electron chi connectivity index (χ0n) is 15.7. The first-order chi connectivity index (χ1) is 13.6. The van der Waals surface area contributed by atoms with E-state index < -0.39 is 0 Å². The maximum atomic E-state index is 12.2. The molecular weight excluding hydrogens is 350 g/mol. The van der Waals surface area contributed by atoms with E-state index in [-0.39, 0.29) is 5.78 Å². The predicted octanol–water partition coefficient (Wildman–Crippen LogP) is 4.78. The van der Waals surface area contributed by atoms with E-state index in [1.165, 1.54) is 0 Å². The van der Waals surface area contributed by atoms with Crippen LogP contribution in [-0.4, -0.2) is 20.7 Å². The number of benzene rings is 2. The van der Waals surface area contributed by atoms with Gasteiger partial charge in [-0.15, -0.1) is 0 Å². The van der Waals surface area contributed by atoms with Crippen molar-refractivity contribution in [3.05, 3.63) is 83.7 Å². The normalized spacial score (nSPS) is 10.8. The third-order valence-electron chi connectivity index (χ3n) is 4.45. The third-order valence-corrected chi connectivity index (χ3v) is 4.45. The minimum atomic E-state index is -0.0397. The van der Waals surface area contributed by atoms with Crippen molar-refractivity contribution >= 4 is 16.7 Å². The molecule has 0 aliphatic rings. The number of pyridine rings is 1. The standard InChI is InChI=1S/C23H19N3O2/c1-15-12-19(16(2)27)21-20(13-15)23(28-14-17-6-4-3-5-7-17)26-22(25-21)18-8-10-24-11-9-18/h3-13H,14H2,1-2H3. The van der Waals surface area contributed by atoms with Crippen molar-refractivity contribution in [3.63, 3.8) is 0 Å². The molecule has 0 aliphatic carbocycles. The molecule has 28 heavy (non-hydrogen) atoms. The largest absolute Gasteiger partial charge is 0.472 e. The van der Waals surface area contributed by atoms with E-state index in [0.29, 0.717) is 29.4 Å². The molecule has 0 saturated carbocycles. The van der Waals surface area contributed by atoms with E-state index in [9.17, 15) is 4.79 Å². The van der Waals surface area contributed by atoms with Crippen LogP contribution in [0.15, 0.2) is 67.0 Å². The van der Waals surface area contributed by atoms with E-state index in [4.69, 9.17) is 4.74 Å². The maximum Gasteiger partial charge on any atom is 0.225 e. The van der Waals surface area contributed by atoms with Crippen LogP contribution in [0.3, 0.4) is 0 Å².